The topological polar surface area (TPSA) is 47.6 Å². The van der Waals surface area contributed by atoms with Crippen molar-refractivity contribution in [2.75, 3.05) is 26.4 Å². The van der Waals surface area contributed by atoms with Crippen LogP contribution in [-0.2, 0) is 21.4 Å². The first-order chi connectivity index (χ1) is 13.1. The predicted octanol–water partition coefficient (Wildman–Crippen LogP) is 4.25. The first-order valence-electron chi connectivity index (χ1n) is 9.44. The van der Waals surface area contributed by atoms with Crippen LogP contribution in [-0.4, -0.2) is 32.3 Å². The van der Waals surface area contributed by atoms with Crippen molar-refractivity contribution in [2.45, 2.75) is 31.6 Å². The molecule has 2 aromatic rings. The van der Waals surface area contributed by atoms with E-state index in [0.29, 0.717) is 12.3 Å². The number of hydrogen-bond donors (Lipinski definition) is 1. The molecule has 3 rings (SSSR count). The second-order valence-electron chi connectivity index (χ2n) is 6.94. The molecule has 0 aromatic heterocycles. The maximum absolute atomic E-state index is 12.4. The van der Waals surface area contributed by atoms with Crippen LogP contribution in [0.4, 0.5) is 0 Å². The number of nitrogens with one attached hydrogen (secondary N) is 1. The average molecular weight is 432 g/mol. The van der Waals surface area contributed by atoms with Crippen molar-refractivity contribution in [2.24, 2.45) is 0 Å². The fourth-order valence-electron chi connectivity index (χ4n) is 3.46. The molecule has 1 aliphatic heterocycles. The number of carbonyl (C=O) groups excluding carboxylic acids is 1. The fraction of sp³-hybridized carbons (Fsp3) is 0.409. The maximum atomic E-state index is 12.4. The minimum absolute atomic E-state index is 0.00540. The van der Waals surface area contributed by atoms with Crippen LogP contribution >= 0.6 is 15.9 Å². The van der Waals surface area contributed by atoms with Crippen molar-refractivity contribution in [3.8, 4) is 5.75 Å². The zero-order valence-electron chi connectivity index (χ0n) is 15.7. The number of hydrogen-bond acceptors (Lipinski definition) is 3. The molecule has 1 N–H and O–H groups in total. The first kappa shape index (κ1) is 19.9. The second kappa shape index (κ2) is 9.38. The molecular formula is C22H26BrNO3. The van der Waals surface area contributed by atoms with Gasteiger partial charge in [-0.25, -0.2) is 0 Å². The minimum atomic E-state index is -0.108. The second-order valence-corrected chi connectivity index (χ2v) is 7.80. The fourth-order valence-corrected chi connectivity index (χ4v) is 4.01. The smallest absolute Gasteiger partial charge is 0.257 e. The molecule has 5 heteroatoms. The van der Waals surface area contributed by atoms with Gasteiger partial charge in [-0.05, 0) is 58.5 Å². The van der Waals surface area contributed by atoms with Gasteiger partial charge in [0.25, 0.3) is 5.91 Å². The van der Waals surface area contributed by atoms with Gasteiger partial charge in [-0.2, -0.15) is 0 Å². The molecule has 0 unspecified atom stereocenters. The summed E-state index contributed by atoms with van der Waals surface area (Å²) in [6.45, 7) is 4.15. The van der Waals surface area contributed by atoms with Gasteiger partial charge < -0.3 is 14.8 Å². The Morgan fingerprint density at radius 3 is 2.59 bits per heavy atom. The molecule has 1 fully saturated rings. The number of rotatable bonds is 7. The predicted molar refractivity (Wildman–Crippen MR) is 110 cm³/mol. The van der Waals surface area contributed by atoms with Crippen molar-refractivity contribution >= 4 is 21.8 Å². The third-order valence-electron chi connectivity index (χ3n) is 5.22. The highest BCUT2D eigenvalue weighted by molar-refractivity contribution is 9.10. The van der Waals surface area contributed by atoms with Gasteiger partial charge in [0.1, 0.15) is 5.75 Å². The normalized spacial score (nSPS) is 15.9. The SMILES string of the molecule is CCc1ccc(OCC(=O)NCC2(c3ccccc3)CCOCC2)c(Br)c1. The molecule has 0 saturated carbocycles. The first-order valence-corrected chi connectivity index (χ1v) is 10.2. The number of ether oxygens (including phenoxy) is 2. The molecule has 4 nitrogen and oxygen atoms in total. The van der Waals surface area contributed by atoms with Gasteiger partial charge in [-0.15, -0.1) is 0 Å². The Labute approximate surface area is 169 Å². The Morgan fingerprint density at radius 1 is 1.19 bits per heavy atom. The van der Waals surface area contributed by atoms with Crippen LogP contribution in [0, 0.1) is 0 Å². The Morgan fingerprint density at radius 2 is 1.93 bits per heavy atom. The minimum Gasteiger partial charge on any atom is -0.483 e. The van der Waals surface area contributed by atoms with Crippen molar-refractivity contribution in [3.05, 3.63) is 64.1 Å². The van der Waals surface area contributed by atoms with Crippen molar-refractivity contribution < 1.29 is 14.3 Å². The Bertz CT molecular complexity index is 757. The molecule has 1 amide bonds. The lowest BCUT2D eigenvalue weighted by Crippen LogP contribution is -2.45. The van der Waals surface area contributed by atoms with Gasteiger partial charge in [0, 0.05) is 25.2 Å². The van der Waals surface area contributed by atoms with E-state index in [1.165, 1.54) is 11.1 Å². The average Bonchev–Trinajstić information content (AvgIpc) is 2.72. The van der Waals surface area contributed by atoms with Crippen LogP contribution in [0.3, 0.4) is 0 Å². The molecule has 144 valence electrons. The number of benzene rings is 2. The molecule has 0 radical (unpaired) electrons. The van der Waals surface area contributed by atoms with Crippen LogP contribution in [0.15, 0.2) is 53.0 Å². The van der Waals surface area contributed by atoms with Crippen LogP contribution in [0.5, 0.6) is 5.75 Å². The Kier molecular flexibility index (Phi) is 6.91. The molecule has 1 heterocycles. The monoisotopic (exact) mass is 431 g/mol. The van der Waals surface area contributed by atoms with Gasteiger partial charge in [0.2, 0.25) is 0 Å². The molecule has 0 bridgehead atoms. The van der Waals surface area contributed by atoms with Crippen LogP contribution in [0.1, 0.15) is 30.9 Å². The summed E-state index contributed by atoms with van der Waals surface area (Å²) in [6, 6.07) is 16.3. The lowest BCUT2D eigenvalue weighted by Gasteiger charge is -2.38. The van der Waals surface area contributed by atoms with E-state index in [9.17, 15) is 4.79 Å². The number of aryl methyl sites for hydroxylation is 1. The van der Waals surface area contributed by atoms with Crippen molar-refractivity contribution in [1.82, 2.24) is 5.32 Å². The van der Waals surface area contributed by atoms with E-state index < -0.39 is 0 Å². The molecule has 0 spiro atoms. The van der Waals surface area contributed by atoms with Gasteiger partial charge in [0.05, 0.1) is 4.47 Å². The summed E-state index contributed by atoms with van der Waals surface area (Å²) in [4.78, 5) is 12.4. The zero-order chi connectivity index (χ0) is 19.1. The quantitative estimate of drug-likeness (QED) is 0.712. The summed E-state index contributed by atoms with van der Waals surface area (Å²) in [5, 5.41) is 3.07. The molecule has 27 heavy (non-hydrogen) atoms. The summed E-state index contributed by atoms with van der Waals surface area (Å²) in [7, 11) is 0. The van der Waals surface area contributed by atoms with Gasteiger partial charge in [0.15, 0.2) is 6.61 Å². The highest BCUT2D eigenvalue weighted by atomic mass is 79.9. The summed E-state index contributed by atoms with van der Waals surface area (Å²) in [5.41, 5.74) is 2.41. The van der Waals surface area contributed by atoms with E-state index in [2.05, 4.69) is 52.4 Å². The van der Waals surface area contributed by atoms with Gasteiger partial charge >= 0.3 is 0 Å². The van der Waals surface area contributed by atoms with Crippen LogP contribution in [0.25, 0.3) is 0 Å². The maximum Gasteiger partial charge on any atom is 0.257 e. The number of halogens is 1. The lowest BCUT2D eigenvalue weighted by molar-refractivity contribution is -0.123. The number of carbonyl (C=O) groups is 1. The van der Waals surface area contributed by atoms with E-state index in [-0.39, 0.29) is 17.9 Å². The molecule has 1 aliphatic rings. The summed E-state index contributed by atoms with van der Waals surface area (Å²) in [6.07, 6.45) is 2.77. The van der Waals surface area contributed by atoms with E-state index in [1.807, 2.05) is 24.3 Å². The zero-order valence-corrected chi connectivity index (χ0v) is 17.3. The Balaban J connectivity index is 1.58. The van der Waals surface area contributed by atoms with E-state index in [0.717, 1.165) is 36.9 Å². The van der Waals surface area contributed by atoms with Gasteiger partial charge in [-0.3, -0.25) is 4.79 Å². The highest BCUT2D eigenvalue weighted by Crippen LogP contribution is 2.34. The standard InChI is InChI=1S/C22H26BrNO3/c1-2-17-8-9-20(19(23)14-17)27-15-21(25)24-16-22(10-12-26-13-11-22)18-6-4-3-5-7-18/h3-9,14H,2,10-13,15-16H2,1H3,(H,24,25). The third-order valence-corrected chi connectivity index (χ3v) is 5.84. The summed E-state index contributed by atoms with van der Waals surface area (Å²) < 4.78 is 12.1. The highest BCUT2D eigenvalue weighted by Gasteiger charge is 2.34. The van der Waals surface area contributed by atoms with E-state index in [1.54, 1.807) is 0 Å². The van der Waals surface area contributed by atoms with Crippen LogP contribution < -0.4 is 10.1 Å². The number of amides is 1. The lowest BCUT2D eigenvalue weighted by atomic mass is 9.74. The third kappa shape index (κ3) is 5.11. The van der Waals surface area contributed by atoms with E-state index >= 15 is 0 Å². The summed E-state index contributed by atoms with van der Waals surface area (Å²) >= 11 is 3.51. The molecule has 2 aromatic carbocycles. The van der Waals surface area contributed by atoms with Crippen molar-refractivity contribution in [1.29, 1.82) is 0 Å². The molecule has 0 atom stereocenters. The molecule has 1 saturated heterocycles. The van der Waals surface area contributed by atoms with Crippen molar-refractivity contribution in [3.63, 3.8) is 0 Å². The van der Waals surface area contributed by atoms with Gasteiger partial charge in [-0.1, -0.05) is 43.3 Å². The Hall–Kier alpha value is -1.85. The van der Waals surface area contributed by atoms with E-state index in [4.69, 9.17) is 9.47 Å². The largest absolute Gasteiger partial charge is 0.483 e. The summed E-state index contributed by atoms with van der Waals surface area (Å²) in [5.74, 6) is 0.578. The molecule has 0 aliphatic carbocycles. The molecular weight excluding hydrogens is 406 g/mol. The van der Waals surface area contributed by atoms with Crippen LogP contribution in [0.2, 0.25) is 0 Å².